The third kappa shape index (κ3) is 2.82. The zero-order valence-corrected chi connectivity index (χ0v) is 12.4. The summed E-state index contributed by atoms with van der Waals surface area (Å²) in [5, 5.41) is 3.17. The van der Waals surface area contributed by atoms with E-state index in [4.69, 9.17) is 0 Å². The van der Waals surface area contributed by atoms with Crippen LogP contribution in [0.3, 0.4) is 0 Å². The standard InChI is InChI=1S/C14H13N5OS/c1-19(2)14-15-7-9(8-16-14)17-12(20)13-18-10-5-3-4-6-11(10)21-13/h3-8H,1-2H3,(H,17,20). The maximum absolute atomic E-state index is 12.2. The second kappa shape index (κ2) is 5.45. The molecule has 2 heterocycles. The lowest BCUT2D eigenvalue weighted by Crippen LogP contribution is -2.15. The molecule has 0 radical (unpaired) electrons. The van der Waals surface area contributed by atoms with Gasteiger partial charge in [0.15, 0.2) is 5.01 Å². The molecule has 0 saturated carbocycles. The lowest BCUT2D eigenvalue weighted by atomic mass is 10.3. The Labute approximate surface area is 125 Å². The Balaban J connectivity index is 1.79. The van der Waals surface area contributed by atoms with Gasteiger partial charge in [0, 0.05) is 14.1 Å². The molecule has 3 aromatic rings. The van der Waals surface area contributed by atoms with Crippen molar-refractivity contribution in [1.29, 1.82) is 0 Å². The van der Waals surface area contributed by atoms with Gasteiger partial charge >= 0.3 is 0 Å². The minimum absolute atomic E-state index is 0.252. The second-order valence-electron chi connectivity index (χ2n) is 4.61. The monoisotopic (exact) mass is 299 g/mol. The molecule has 0 aliphatic rings. The quantitative estimate of drug-likeness (QED) is 0.804. The first-order chi connectivity index (χ1) is 10.1. The molecular formula is C14H13N5OS. The summed E-state index contributed by atoms with van der Waals surface area (Å²) in [6.45, 7) is 0. The Morgan fingerprint density at radius 2 is 1.90 bits per heavy atom. The van der Waals surface area contributed by atoms with E-state index in [0.29, 0.717) is 16.6 Å². The molecule has 1 amide bonds. The van der Waals surface area contributed by atoms with Gasteiger partial charge in [0.25, 0.3) is 5.91 Å². The molecule has 0 bridgehead atoms. The zero-order valence-electron chi connectivity index (χ0n) is 11.6. The Morgan fingerprint density at radius 1 is 1.19 bits per heavy atom. The Hall–Kier alpha value is -2.54. The van der Waals surface area contributed by atoms with Crippen molar-refractivity contribution >= 4 is 39.1 Å². The average molecular weight is 299 g/mol. The number of nitrogens with one attached hydrogen (secondary N) is 1. The third-order valence-corrected chi connectivity index (χ3v) is 3.82. The van der Waals surface area contributed by atoms with Crippen molar-refractivity contribution in [2.75, 3.05) is 24.3 Å². The molecule has 6 nitrogen and oxygen atoms in total. The van der Waals surface area contributed by atoms with Crippen LogP contribution in [0.4, 0.5) is 11.6 Å². The lowest BCUT2D eigenvalue weighted by molar-refractivity contribution is 0.102. The van der Waals surface area contributed by atoms with Crippen LogP contribution < -0.4 is 10.2 Å². The summed E-state index contributed by atoms with van der Waals surface area (Å²) in [5.41, 5.74) is 1.37. The number of carbonyl (C=O) groups excluding carboxylic acids is 1. The summed E-state index contributed by atoms with van der Waals surface area (Å²) in [6, 6.07) is 7.66. The van der Waals surface area contributed by atoms with Crippen LogP contribution in [0.25, 0.3) is 10.2 Å². The zero-order chi connectivity index (χ0) is 14.8. The van der Waals surface area contributed by atoms with E-state index in [-0.39, 0.29) is 5.91 Å². The van der Waals surface area contributed by atoms with Gasteiger partial charge in [-0.15, -0.1) is 11.3 Å². The summed E-state index contributed by atoms with van der Waals surface area (Å²) in [6.07, 6.45) is 3.15. The number of hydrogen-bond acceptors (Lipinski definition) is 6. The van der Waals surface area contributed by atoms with Crippen molar-refractivity contribution in [3.05, 3.63) is 41.7 Å². The largest absolute Gasteiger partial charge is 0.347 e. The molecule has 0 atom stereocenters. The van der Waals surface area contributed by atoms with Crippen LogP contribution in [0.15, 0.2) is 36.7 Å². The molecule has 21 heavy (non-hydrogen) atoms. The summed E-state index contributed by atoms with van der Waals surface area (Å²) in [7, 11) is 3.71. The number of rotatable bonds is 3. The summed E-state index contributed by atoms with van der Waals surface area (Å²) in [5.74, 6) is 0.338. The van der Waals surface area contributed by atoms with Gasteiger partial charge in [-0.05, 0) is 12.1 Å². The fourth-order valence-electron chi connectivity index (χ4n) is 1.77. The topological polar surface area (TPSA) is 71.0 Å². The van der Waals surface area contributed by atoms with Crippen LogP contribution >= 0.6 is 11.3 Å². The molecule has 0 aliphatic heterocycles. The third-order valence-electron chi connectivity index (χ3n) is 2.78. The number of benzene rings is 1. The first kappa shape index (κ1) is 13.4. The van der Waals surface area contributed by atoms with Crippen LogP contribution in [0, 0.1) is 0 Å². The predicted octanol–water partition coefficient (Wildman–Crippen LogP) is 2.40. The number of carbonyl (C=O) groups is 1. The maximum Gasteiger partial charge on any atom is 0.284 e. The van der Waals surface area contributed by atoms with E-state index >= 15 is 0 Å². The van der Waals surface area contributed by atoms with Crippen molar-refractivity contribution in [2.24, 2.45) is 0 Å². The van der Waals surface area contributed by atoms with Gasteiger partial charge in [-0.2, -0.15) is 0 Å². The van der Waals surface area contributed by atoms with Crippen LogP contribution in [0.2, 0.25) is 0 Å². The minimum atomic E-state index is -0.252. The normalized spacial score (nSPS) is 10.6. The van der Waals surface area contributed by atoms with Gasteiger partial charge < -0.3 is 10.2 Å². The van der Waals surface area contributed by atoms with Gasteiger partial charge in [0.1, 0.15) is 0 Å². The van der Waals surface area contributed by atoms with Crippen molar-refractivity contribution in [1.82, 2.24) is 15.0 Å². The van der Waals surface area contributed by atoms with Crippen LogP contribution in [0.1, 0.15) is 9.80 Å². The van der Waals surface area contributed by atoms with E-state index in [2.05, 4.69) is 20.3 Å². The Kier molecular flexibility index (Phi) is 3.49. The summed E-state index contributed by atoms with van der Waals surface area (Å²) >= 11 is 1.36. The van der Waals surface area contributed by atoms with Crippen LogP contribution in [-0.4, -0.2) is 35.0 Å². The van der Waals surface area contributed by atoms with Gasteiger partial charge in [-0.1, -0.05) is 12.1 Å². The maximum atomic E-state index is 12.2. The van der Waals surface area contributed by atoms with Crippen molar-refractivity contribution in [3.8, 4) is 0 Å². The van der Waals surface area contributed by atoms with E-state index in [1.54, 1.807) is 17.3 Å². The van der Waals surface area contributed by atoms with Crippen molar-refractivity contribution in [2.45, 2.75) is 0 Å². The van der Waals surface area contributed by atoms with Crippen LogP contribution in [0.5, 0.6) is 0 Å². The van der Waals surface area contributed by atoms with E-state index in [0.717, 1.165) is 10.2 Å². The lowest BCUT2D eigenvalue weighted by Gasteiger charge is -2.09. The summed E-state index contributed by atoms with van der Waals surface area (Å²) in [4.78, 5) is 26.6. The number of fused-ring (bicyclic) bond motifs is 1. The highest BCUT2D eigenvalue weighted by atomic mass is 32.1. The highest BCUT2D eigenvalue weighted by molar-refractivity contribution is 7.20. The van der Waals surface area contributed by atoms with Gasteiger partial charge in [0.2, 0.25) is 5.95 Å². The minimum Gasteiger partial charge on any atom is -0.347 e. The molecule has 1 aromatic carbocycles. The molecule has 0 saturated heterocycles. The van der Waals surface area contributed by atoms with E-state index in [1.807, 2.05) is 38.4 Å². The van der Waals surface area contributed by atoms with Gasteiger partial charge in [-0.3, -0.25) is 4.79 Å². The number of nitrogens with zero attached hydrogens (tertiary/aromatic N) is 4. The number of thiazole rings is 1. The predicted molar refractivity (Wildman–Crippen MR) is 83.9 cm³/mol. The fraction of sp³-hybridized carbons (Fsp3) is 0.143. The van der Waals surface area contributed by atoms with E-state index < -0.39 is 0 Å². The van der Waals surface area contributed by atoms with Gasteiger partial charge in [-0.25, -0.2) is 15.0 Å². The number of amides is 1. The molecule has 0 spiro atoms. The first-order valence-corrected chi connectivity index (χ1v) is 7.11. The van der Waals surface area contributed by atoms with Crippen LogP contribution in [-0.2, 0) is 0 Å². The molecule has 0 aliphatic carbocycles. The highest BCUT2D eigenvalue weighted by Gasteiger charge is 2.12. The smallest absolute Gasteiger partial charge is 0.284 e. The number of anilines is 2. The molecule has 106 valence electrons. The van der Waals surface area contributed by atoms with E-state index in [9.17, 15) is 4.79 Å². The molecule has 2 aromatic heterocycles. The molecule has 7 heteroatoms. The molecule has 0 fully saturated rings. The molecule has 3 rings (SSSR count). The number of para-hydroxylation sites is 1. The summed E-state index contributed by atoms with van der Waals surface area (Å²) < 4.78 is 0.988. The van der Waals surface area contributed by atoms with Crippen molar-refractivity contribution in [3.63, 3.8) is 0 Å². The highest BCUT2D eigenvalue weighted by Crippen LogP contribution is 2.22. The van der Waals surface area contributed by atoms with E-state index in [1.165, 1.54) is 11.3 Å². The van der Waals surface area contributed by atoms with Gasteiger partial charge in [0.05, 0.1) is 28.3 Å². The fourth-order valence-corrected chi connectivity index (χ4v) is 2.63. The second-order valence-corrected chi connectivity index (χ2v) is 5.64. The number of hydrogen-bond donors (Lipinski definition) is 1. The average Bonchev–Trinajstić information content (AvgIpc) is 2.92. The Morgan fingerprint density at radius 3 is 2.57 bits per heavy atom. The molecule has 1 N–H and O–H groups in total. The molecular weight excluding hydrogens is 286 g/mol. The SMILES string of the molecule is CN(C)c1ncc(NC(=O)c2nc3ccccc3s2)cn1. The van der Waals surface area contributed by atoms with Crippen molar-refractivity contribution < 1.29 is 4.79 Å². The number of aromatic nitrogens is 3. The molecule has 0 unspecified atom stereocenters. The Bertz CT molecular complexity index is 748. The first-order valence-electron chi connectivity index (χ1n) is 6.30.